The van der Waals surface area contributed by atoms with Gasteiger partial charge in [0.15, 0.2) is 0 Å². The van der Waals surface area contributed by atoms with Gasteiger partial charge in [0.1, 0.15) is 5.75 Å². The van der Waals surface area contributed by atoms with Crippen LogP contribution in [0.15, 0.2) is 41.8 Å². The molecule has 0 spiro atoms. The Bertz CT molecular complexity index is 649. The van der Waals surface area contributed by atoms with Crippen molar-refractivity contribution in [2.75, 3.05) is 39.8 Å². The van der Waals surface area contributed by atoms with Crippen molar-refractivity contribution in [1.29, 1.82) is 0 Å². The summed E-state index contributed by atoms with van der Waals surface area (Å²) < 4.78 is 5.41. The SMILES string of the molecule is COc1ccccc1CCN1CCN(C(=O)Cc2cccs2)CC1. The predicted molar refractivity (Wildman–Crippen MR) is 97.7 cm³/mol. The van der Waals surface area contributed by atoms with Crippen LogP contribution in [0.3, 0.4) is 0 Å². The number of benzene rings is 1. The minimum Gasteiger partial charge on any atom is -0.496 e. The largest absolute Gasteiger partial charge is 0.496 e. The van der Waals surface area contributed by atoms with Gasteiger partial charge in [-0.1, -0.05) is 24.3 Å². The summed E-state index contributed by atoms with van der Waals surface area (Å²) in [5.41, 5.74) is 1.25. The lowest BCUT2D eigenvalue weighted by Gasteiger charge is -2.34. The third kappa shape index (κ3) is 4.36. The van der Waals surface area contributed by atoms with Crippen molar-refractivity contribution in [2.45, 2.75) is 12.8 Å². The molecule has 0 unspecified atom stereocenters. The fraction of sp³-hybridized carbons (Fsp3) is 0.421. The molecule has 1 aliphatic heterocycles. The first-order chi connectivity index (χ1) is 11.8. The molecule has 1 fully saturated rings. The Balaban J connectivity index is 1.44. The third-order valence-electron chi connectivity index (χ3n) is 4.52. The van der Waals surface area contributed by atoms with E-state index in [1.165, 1.54) is 5.56 Å². The summed E-state index contributed by atoms with van der Waals surface area (Å²) in [5.74, 6) is 1.21. The topological polar surface area (TPSA) is 32.8 Å². The second-order valence-electron chi connectivity index (χ2n) is 6.04. The molecule has 1 aromatic carbocycles. The molecule has 1 saturated heterocycles. The molecule has 1 aromatic heterocycles. The Labute approximate surface area is 147 Å². The van der Waals surface area contributed by atoms with Crippen LogP contribution in [0.1, 0.15) is 10.4 Å². The predicted octanol–water partition coefficient (Wildman–Crippen LogP) is 2.69. The van der Waals surface area contributed by atoms with E-state index in [1.807, 2.05) is 34.5 Å². The molecule has 2 aromatic rings. The fourth-order valence-corrected chi connectivity index (χ4v) is 3.78. The molecule has 5 heteroatoms. The molecule has 0 radical (unpaired) electrons. The van der Waals surface area contributed by atoms with Gasteiger partial charge in [-0.2, -0.15) is 0 Å². The van der Waals surface area contributed by atoms with Crippen molar-refractivity contribution in [3.05, 3.63) is 52.2 Å². The van der Waals surface area contributed by atoms with E-state index in [-0.39, 0.29) is 5.91 Å². The van der Waals surface area contributed by atoms with Gasteiger partial charge in [-0.3, -0.25) is 9.69 Å². The van der Waals surface area contributed by atoms with E-state index in [0.29, 0.717) is 6.42 Å². The van der Waals surface area contributed by atoms with E-state index in [4.69, 9.17) is 4.74 Å². The van der Waals surface area contributed by atoms with Crippen LogP contribution in [0, 0.1) is 0 Å². The van der Waals surface area contributed by atoms with Crippen molar-refractivity contribution in [2.24, 2.45) is 0 Å². The van der Waals surface area contributed by atoms with Gasteiger partial charge >= 0.3 is 0 Å². The number of carbonyl (C=O) groups excluding carboxylic acids is 1. The zero-order valence-electron chi connectivity index (χ0n) is 14.1. The van der Waals surface area contributed by atoms with Gasteiger partial charge in [0.25, 0.3) is 0 Å². The number of thiophene rings is 1. The van der Waals surface area contributed by atoms with Crippen LogP contribution < -0.4 is 4.74 Å². The molecule has 128 valence electrons. The Morgan fingerprint density at radius 3 is 2.62 bits per heavy atom. The summed E-state index contributed by atoms with van der Waals surface area (Å²) in [6.07, 6.45) is 1.52. The van der Waals surface area contributed by atoms with Crippen LogP contribution in [0.25, 0.3) is 0 Å². The summed E-state index contributed by atoms with van der Waals surface area (Å²) in [7, 11) is 1.72. The smallest absolute Gasteiger partial charge is 0.227 e. The van der Waals surface area contributed by atoms with Gasteiger partial charge < -0.3 is 9.64 Å². The molecule has 2 heterocycles. The summed E-state index contributed by atoms with van der Waals surface area (Å²) in [4.78, 5) is 17.9. The first-order valence-corrected chi connectivity index (χ1v) is 9.28. The maximum absolute atomic E-state index is 12.3. The Hall–Kier alpha value is -1.85. The van der Waals surface area contributed by atoms with Gasteiger partial charge in [0.2, 0.25) is 5.91 Å². The summed E-state index contributed by atoms with van der Waals surface area (Å²) in [6.45, 7) is 4.57. The normalized spacial score (nSPS) is 15.5. The molecule has 1 amide bonds. The highest BCUT2D eigenvalue weighted by atomic mass is 32.1. The lowest BCUT2D eigenvalue weighted by atomic mass is 10.1. The van der Waals surface area contributed by atoms with Crippen LogP contribution >= 0.6 is 11.3 Å². The second kappa shape index (κ2) is 8.31. The van der Waals surface area contributed by atoms with Gasteiger partial charge in [-0.05, 0) is 29.5 Å². The summed E-state index contributed by atoms with van der Waals surface area (Å²) >= 11 is 1.66. The molecule has 3 rings (SSSR count). The Morgan fingerprint density at radius 1 is 1.12 bits per heavy atom. The number of rotatable bonds is 6. The van der Waals surface area contributed by atoms with Gasteiger partial charge in [-0.25, -0.2) is 0 Å². The number of hydrogen-bond acceptors (Lipinski definition) is 4. The molecule has 24 heavy (non-hydrogen) atoms. The van der Waals surface area contributed by atoms with Crippen molar-refractivity contribution in [3.63, 3.8) is 0 Å². The molecule has 1 aliphatic rings. The minimum atomic E-state index is 0.252. The summed E-state index contributed by atoms with van der Waals surface area (Å²) in [6, 6.07) is 12.2. The van der Waals surface area contributed by atoms with Crippen LogP contribution in [0.2, 0.25) is 0 Å². The van der Waals surface area contributed by atoms with Crippen LogP contribution in [0.4, 0.5) is 0 Å². The van der Waals surface area contributed by atoms with E-state index < -0.39 is 0 Å². The molecule has 0 atom stereocenters. The standard InChI is InChI=1S/C19H24N2O2S/c1-23-18-7-3-2-5-16(18)8-9-20-10-12-21(13-11-20)19(22)15-17-6-4-14-24-17/h2-7,14H,8-13,15H2,1H3. The quantitative estimate of drug-likeness (QED) is 0.808. The van der Waals surface area contributed by atoms with E-state index >= 15 is 0 Å². The highest BCUT2D eigenvalue weighted by Crippen LogP contribution is 2.18. The lowest BCUT2D eigenvalue weighted by molar-refractivity contribution is -0.132. The number of piperazine rings is 1. The molecule has 0 bridgehead atoms. The molecule has 0 aliphatic carbocycles. The third-order valence-corrected chi connectivity index (χ3v) is 5.40. The van der Waals surface area contributed by atoms with E-state index in [0.717, 1.165) is 49.8 Å². The van der Waals surface area contributed by atoms with E-state index in [9.17, 15) is 4.79 Å². The summed E-state index contributed by atoms with van der Waals surface area (Å²) in [5, 5.41) is 2.03. The zero-order chi connectivity index (χ0) is 16.8. The average molecular weight is 344 g/mol. The average Bonchev–Trinajstić information content (AvgIpc) is 3.13. The van der Waals surface area contributed by atoms with Gasteiger partial charge in [0, 0.05) is 37.6 Å². The first-order valence-electron chi connectivity index (χ1n) is 8.40. The molecular formula is C19H24N2O2S. The fourth-order valence-electron chi connectivity index (χ4n) is 3.08. The van der Waals surface area contributed by atoms with Gasteiger partial charge in [0.05, 0.1) is 13.5 Å². The highest BCUT2D eigenvalue weighted by Gasteiger charge is 2.21. The van der Waals surface area contributed by atoms with Crippen LogP contribution in [0.5, 0.6) is 5.75 Å². The number of hydrogen-bond donors (Lipinski definition) is 0. The number of methoxy groups -OCH3 is 1. The number of carbonyl (C=O) groups is 1. The van der Waals surface area contributed by atoms with E-state index in [2.05, 4.69) is 17.0 Å². The number of nitrogens with zero attached hydrogens (tertiary/aromatic N) is 2. The first kappa shape index (κ1) is 17.0. The lowest BCUT2D eigenvalue weighted by Crippen LogP contribution is -2.49. The molecule has 0 N–H and O–H groups in total. The highest BCUT2D eigenvalue weighted by molar-refractivity contribution is 7.10. The molecular weight excluding hydrogens is 320 g/mol. The van der Waals surface area contributed by atoms with Crippen molar-refractivity contribution in [1.82, 2.24) is 9.80 Å². The van der Waals surface area contributed by atoms with Crippen molar-refractivity contribution < 1.29 is 9.53 Å². The molecule has 0 saturated carbocycles. The van der Waals surface area contributed by atoms with Crippen LogP contribution in [-0.2, 0) is 17.6 Å². The van der Waals surface area contributed by atoms with Crippen molar-refractivity contribution in [3.8, 4) is 5.75 Å². The number of ether oxygens (including phenoxy) is 1. The number of amides is 1. The Kier molecular flexibility index (Phi) is 5.88. The molecule has 4 nitrogen and oxygen atoms in total. The zero-order valence-corrected chi connectivity index (χ0v) is 14.9. The second-order valence-corrected chi connectivity index (χ2v) is 7.07. The Morgan fingerprint density at radius 2 is 1.92 bits per heavy atom. The van der Waals surface area contributed by atoms with Crippen molar-refractivity contribution >= 4 is 17.2 Å². The maximum atomic E-state index is 12.3. The minimum absolute atomic E-state index is 0.252. The van der Waals surface area contributed by atoms with E-state index in [1.54, 1.807) is 18.4 Å². The van der Waals surface area contributed by atoms with Crippen LogP contribution in [-0.4, -0.2) is 55.5 Å². The maximum Gasteiger partial charge on any atom is 0.227 e. The monoisotopic (exact) mass is 344 g/mol. The number of para-hydroxylation sites is 1. The van der Waals surface area contributed by atoms with Gasteiger partial charge in [-0.15, -0.1) is 11.3 Å².